The van der Waals surface area contributed by atoms with Crippen LogP contribution in [0.1, 0.15) is 0 Å². The highest BCUT2D eigenvalue weighted by Gasteiger charge is 2.27. The number of nitrogens with one attached hydrogen (secondary N) is 1. The third-order valence-electron chi connectivity index (χ3n) is 2.43. The first kappa shape index (κ1) is 15.6. The molecule has 100 valence electrons. The molecule has 1 rings (SSSR count). The van der Waals surface area contributed by atoms with E-state index >= 15 is 0 Å². The summed E-state index contributed by atoms with van der Waals surface area (Å²) >= 11 is 12.7. The van der Waals surface area contributed by atoms with Gasteiger partial charge in [0.25, 0.3) is 5.91 Å². The summed E-state index contributed by atoms with van der Waals surface area (Å²) in [5.74, 6) is 1.92. The Hall–Kier alpha value is -0.460. The van der Waals surface area contributed by atoms with Crippen LogP contribution in [0.15, 0.2) is 30.3 Å². The molecule has 1 aromatic carbocycles. The summed E-state index contributed by atoms with van der Waals surface area (Å²) in [6, 6.07) is 9.20. The monoisotopic (exact) mass is 303 g/mol. The van der Waals surface area contributed by atoms with Crippen molar-refractivity contribution in [2.75, 3.05) is 23.9 Å². The molecule has 0 saturated carbocycles. The molecule has 0 unspecified atom stereocenters. The van der Waals surface area contributed by atoms with Crippen LogP contribution in [0.2, 0.25) is 0 Å². The molecule has 0 aliphatic rings. The van der Waals surface area contributed by atoms with Crippen LogP contribution in [-0.4, -0.2) is 35.3 Å². The van der Waals surface area contributed by atoms with Crippen LogP contribution in [0.3, 0.4) is 0 Å². The quantitative estimate of drug-likeness (QED) is 0.579. The predicted octanol–water partition coefficient (Wildman–Crippen LogP) is 1.71. The molecule has 1 aromatic rings. The lowest BCUT2D eigenvalue weighted by Gasteiger charge is -2.30. The Morgan fingerprint density at radius 3 is 2.17 bits per heavy atom. The zero-order valence-electron chi connectivity index (χ0n) is 9.87. The second-order valence-corrected chi connectivity index (χ2v) is 4.85. The van der Waals surface area contributed by atoms with Crippen molar-refractivity contribution in [2.45, 2.75) is 5.54 Å². The summed E-state index contributed by atoms with van der Waals surface area (Å²) in [4.78, 5) is 11.8. The molecule has 0 atom stereocenters. The molecule has 0 aliphatic carbocycles. The van der Waals surface area contributed by atoms with Crippen LogP contribution in [0.4, 0.5) is 0 Å². The number of benzene rings is 1. The van der Waals surface area contributed by atoms with Gasteiger partial charge in [0.15, 0.2) is 6.61 Å². The molecule has 1 N–H and O–H groups in total. The second kappa shape index (κ2) is 7.86. The van der Waals surface area contributed by atoms with Gasteiger partial charge in [-0.2, -0.15) is 37.9 Å². The number of hydrogen-bond acceptors (Lipinski definition) is 5. The van der Waals surface area contributed by atoms with Gasteiger partial charge in [0.2, 0.25) is 0 Å². The lowest BCUT2D eigenvalue weighted by Crippen LogP contribution is -2.54. The Morgan fingerprint density at radius 2 is 1.67 bits per heavy atom. The minimum absolute atomic E-state index is 0.0267. The minimum atomic E-state index is -0.494. The fourth-order valence-corrected chi connectivity index (χ4v) is 2.70. The number of rotatable bonds is 7. The normalized spacial score (nSPS) is 11.1. The Morgan fingerprint density at radius 1 is 1.11 bits per heavy atom. The van der Waals surface area contributed by atoms with Crippen LogP contribution in [-0.2, 0) is 4.79 Å². The highest BCUT2D eigenvalue weighted by atomic mass is 32.1. The highest BCUT2D eigenvalue weighted by molar-refractivity contribution is 7.82. The van der Waals surface area contributed by atoms with E-state index in [2.05, 4.69) is 43.2 Å². The Balaban J connectivity index is 2.46. The van der Waals surface area contributed by atoms with Gasteiger partial charge in [-0.25, -0.2) is 0 Å². The van der Waals surface area contributed by atoms with E-state index in [4.69, 9.17) is 4.74 Å². The fourth-order valence-electron chi connectivity index (χ4n) is 1.27. The molecule has 0 spiro atoms. The first-order valence-corrected chi connectivity index (χ1v) is 7.37. The number of thiol groups is 3. The van der Waals surface area contributed by atoms with E-state index in [1.165, 1.54) is 0 Å². The molecular formula is C12H17NO2S3. The summed E-state index contributed by atoms with van der Waals surface area (Å²) < 4.78 is 5.36. The van der Waals surface area contributed by atoms with Crippen LogP contribution >= 0.6 is 37.9 Å². The molecule has 0 aliphatic heterocycles. The van der Waals surface area contributed by atoms with Gasteiger partial charge in [-0.3, -0.25) is 4.79 Å². The van der Waals surface area contributed by atoms with Gasteiger partial charge in [-0.15, -0.1) is 0 Å². The van der Waals surface area contributed by atoms with Gasteiger partial charge in [0.05, 0.1) is 5.54 Å². The van der Waals surface area contributed by atoms with E-state index < -0.39 is 5.54 Å². The molecule has 0 heterocycles. The Bertz CT molecular complexity index is 361. The van der Waals surface area contributed by atoms with Gasteiger partial charge in [0, 0.05) is 17.3 Å². The van der Waals surface area contributed by atoms with Gasteiger partial charge in [-0.05, 0) is 12.1 Å². The first-order chi connectivity index (χ1) is 8.65. The molecule has 0 aromatic heterocycles. The topological polar surface area (TPSA) is 38.3 Å². The second-order valence-electron chi connectivity index (χ2n) is 3.90. The van der Waals surface area contributed by atoms with Gasteiger partial charge >= 0.3 is 0 Å². The maximum absolute atomic E-state index is 11.8. The standard InChI is InChI=1S/C12H17NO2S3/c14-11(13-12(7-16,8-17)9-18)6-15-10-4-2-1-3-5-10/h1-5,16-18H,6-9H2,(H,13,14). The molecule has 0 fully saturated rings. The first-order valence-electron chi connectivity index (χ1n) is 5.47. The summed E-state index contributed by atoms with van der Waals surface area (Å²) in [6.45, 7) is -0.0267. The largest absolute Gasteiger partial charge is 0.484 e. The van der Waals surface area contributed by atoms with Crippen molar-refractivity contribution in [3.05, 3.63) is 30.3 Å². The van der Waals surface area contributed by atoms with E-state index in [1.54, 1.807) is 12.1 Å². The van der Waals surface area contributed by atoms with E-state index in [-0.39, 0.29) is 12.5 Å². The molecule has 0 bridgehead atoms. The molecule has 18 heavy (non-hydrogen) atoms. The third kappa shape index (κ3) is 4.66. The molecule has 0 saturated heterocycles. The minimum Gasteiger partial charge on any atom is -0.484 e. The number of amides is 1. The summed E-state index contributed by atoms with van der Waals surface area (Å²) in [7, 11) is 0. The van der Waals surface area contributed by atoms with Crippen molar-refractivity contribution < 1.29 is 9.53 Å². The van der Waals surface area contributed by atoms with Gasteiger partial charge in [-0.1, -0.05) is 18.2 Å². The number of carbonyl (C=O) groups excluding carboxylic acids is 1. The van der Waals surface area contributed by atoms with Crippen molar-refractivity contribution in [3.8, 4) is 5.75 Å². The number of para-hydroxylation sites is 1. The van der Waals surface area contributed by atoms with Crippen molar-refractivity contribution >= 4 is 43.8 Å². The van der Waals surface area contributed by atoms with Crippen LogP contribution in [0.5, 0.6) is 5.75 Å². The van der Waals surface area contributed by atoms with E-state index in [0.29, 0.717) is 23.0 Å². The maximum Gasteiger partial charge on any atom is 0.258 e. The van der Waals surface area contributed by atoms with Gasteiger partial charge in [0.1, 0.15) is 5.75 Å². The van der Waals surface area contributed by atoms with Crippen LogP contribution < -0.4 is 10.1 Å². The molecule has 0 radical (unpaired) electrons. The number of ether oxygens (including phenoxy) is 1. The number of hydrogen-bond donors (Lipinski definition) is 4. The van der Waals surface area contributed by atoms with Gasteiger partial charge < -0.3 is 10.1 Å². The van der Waals surface area contributed by atoms with E-state index in [0.717, 1.165) is 0 Å². The lowest BCUT2D eigenvalue weighted by atomic mass is 10.1. The van der Waals surface area contributed by atoms with Crippen LogP contribution in [0, 0.1) is 0 Å². The summed E-state index contributed by atoms with van der Waals surface area (Å²) in [5.41, 5.74) is -0.494. The van der Waals surface area contributed by atoms with Crippen LogP contribution in [0.25, 0.3) is 0 Å². The van der Waals surface area contributed by atoms with Crippen molar-refractivity contribution in [1.29, 1.82) is 0 Å². The Kier molecular flexibility index (Phi) is 6.81. The van der Waals surface area contributed by atoms with Crippen molar-refractivity contribution in [3.63, 3.8) is 0 Å². The van der Waals surface area contributed by atoms with E-state index in [1.807, 2.05) is 18.2 Å². The highest BCUT2D eigenvalue weighted by Crippen LogP contribution is 2.12. The maximum atomic E-state index is 11.8. The summed E-state index contributed by atoms with van der Waals surface area (Å²) in [5, 5.41) is 2.86. The average Bonchev–Trinajstić information content (AvgIpc) is 2.44. The molecule has 6 heteroatoms. The average molecular weight is 303 g/mol. The summed E-state index contributed by atoms with van der Waals surface area (Å²) in [6.07, 6.45) is 0. The SMILES string of the molecule is O=C(COc1ccccc1)NC(CS)(CS)CS. The lowest BCUT2D eigenvalue weighted by molar-refractivity contribution is -0.124. The Labute approximate surface area is 124 Å². The number of carbonyl (C=O) groups is 1. The van der Waals surface area contributed by atoms with Crippen molar-refractivity contribution in [1.82, 2.24) is 5.32 Å². The fraction of sp³-hybridized carbons (Fsp3) is 0.417. The molecular weight excluding hydrogens is 286 g/mol. The van der Waals surface area contributed by atoms with E-state index in [9.17, 15) is 4.79 Å². The molecule has 1 amide bonds. The zero-order valence-corrected chi connectivity index (χ0v) is 12.6. The molecule has 3 nitrogen and oxygen atoms in total. The predicted molar refractivity (Wildman–Crippen MR) is 84.4 cm³/mol. The third-order valence-corrected chi connectivity index (χ3v) is 4.24. The zero-order chi connectivity index (χ0) is 13.4. The smallest absolute Gasteiger partial charge is 0.258 e. The van der Waals surface area contributed by atoms with Crippen molar-refractivity contribution in [2.24, 2.45) is 0 Å².